The molecule has 0 aliphatic carbocycles. The summed E-state index contributed by atoms with van der Waals surface area (Å²) in [5.41, 5.74) is 6.89. The van der Waals surface area contributed by atoms with E-state index in [1.54, 1.807) is 0 Å². The Kier molecular flexibility index (Phi) is 4.58. The van der Waals surface area contributed by atoms with E-state index in [9.17, 15) is 0 Å². The number of anilines is 2. The van der Waals surface area contributed by atoms with Crippen LogP contribution in [0.15, 0.2) is 0 Å². The Morgan fingerprint density at radius 1 is 1.37 bits per heavy atom. The minimum Gasteiger partial charge on any atom is -0.383 e. The first kappa shape index (κ1) is 14.1. The minimum atomic E-state index is 0.589. The van der Waals surface area contributed by atoms with Crippen LogP contribution in [0.2, 0.25) is 0 Å². The summed E-state index contributed by atoms with van der Waals surface area (Å²) in [6.07, 6.45) is 4.69. The topological polar surface area (TPSA) is 67.1 Å². The normalized spacial score (nSPS) is 20.5. The van der Waals surface area contributed by atoms with Crippen LogP contribution in [0.25, 0.3) is 0 Å². The number of nitrogens with zero attached hydrogens (tertiary/aromatic N) is 3. The van der Waals surface area contributed by atoms with Gasteiger partial charge in [0, 0.05) is 24.6 Å². The predicted molar refractivity (Wildman–Crippen MR) is 79.3 cm³/mol. The second-order valence-corrected chi connectivity index (χ2v) is 5.36. The summed E-state index contributed by atoms with van der Waals surface area (Å²) in [6, 6.07) is 0.592. The van der Waals surface area contributed by atoms with E-state index in [1.165, 1.54) is 25.8 Å². The van der Waals surface area contributed by atoms with Crippen LogP contribution in [0.3, 0.4) is 0 Å². The van der Waals surface area contributed by atoms with Crippen molar-refractivity contribution < 1.29 is 0 Å². The maximum Gasteiger partial charge on any atom is 0.134 e. The number of aromatic nitrogens is 2. The van der Waals surface area contributed by atoms with Crippen LogP contribution in [0, 0.1) is 6.92 Å². The Morgan fingerprint density at radius 3 is 2.84 bits per heavy atom. The smallest absolute Gasteiger partial charge is 0.134 e. The predicted octanol–water partition coefficient (Wildman–Crippen LogP) is 1.83. The summed E-state index contributed by atoms with van der Waals surface area (Å²) in [4.78, 5) is 11.2. The summed E-state index contributed by atoms with van der Waals surface area (Å²) >= 11 is 0. The number of hydrogen-bond acceptors (Lipinski definition) is 5. The molecule has 1 aromatic heterocycles. The van der Waals surface area contributed by atoms with Crippen molar-refractivity contribution >= 4 is 11.6 Å². The molecule has 106 valence electrons. The zero-order valence-electron chi connectivity index (χ0n) is 12.2. The number of aryl methyl sites for hydroxylation is 1. The lowest BCUT2D eigenvalue weighted by Gasteiger charge is -2.32. The lowest BCUT2D eigenvalue weighted by Crippen LogP contribution is -2.41. The molecule has 1 saturated heterocycles. The number of nitrogens with two attached hydrogens (primary N) is 1. The number of nitrogens with one attached hydrogen (secondary N) is 1. The molecule has 1 atom stereocenters. The van der Waals surface area contributed by atoms with Gasteiger partial charge in [0.2, 0.25) is 0 Å². The largest absolute Gasteiger partial charge is 0.383 e. The molecule has 3 N–H and O–H groups in total. The molecular weight excluding hydrogens is 238 g/mol. The van der Waals surface area contributed by atoms with Gasteiger partial charge in [-0.15, -0.1) is 0 Å². The van der Waals surface area contributed by atoms with Crippen LogP contribution in [0.4, 0.5) is 11.6 Å². The van der Waals surface area contributed by atoms with Crippen molar-refractivity contribution in [1.82, 2.24) is 14.9 Å². The zero-order chi connectivity index (χ0) is 13.8. The average molecular weight is 263 g/mol. The van der Waals surface area contributed by atoms with Gasteiger partial charge in [0.15, 0.2) is 0 Å². The van der Waals surface area contributed by atoms with Gasteiger partial charge in [-0.3, -0.25) is 0 Å². The Bertz CT molecular complexity index is 432. The number of hydrogen-bond donors (Lipinski definition) is 2. The second kappa shape index (κ2) is 6.19. The number of piperidine rings is 1. The lowest BCUT2D eigenvalue weighted by atomic mass is 10.0. The minimum absolute atomic E-state index is 0.589. The first-order valence-corrected chi connectivity index (χ1v) is 7.19. The van der Waals surface area contributed by atoms with E-state index in [0.29, 0.717) is 11.9 Å². The number of likely N-dealkylation sites (N-methyl/N-ethyl adjacent to an activating group) is 1. The van der Waals surface area contributed by atoms with Crippen LogP contribution in [0.5, 0.6) is 0 Å². The number of nitrogen functional groups attached to an aromatic ring is 1. The molecule has 2 rings (SSSR count). The molecule has 0 amide bonds. The molecule has 19 heavy (non-hydrogen) atoms. The quantitative estimate of drug-likeness (QED) is 0.867. The van der Waals surface area contributed by atoms with E-state index < -0.39 is 0 Å². The van der Waals surface area contributed by atoms with Crippen LogP contribution >= 0.6 is 0 Å². The molecule has 5 heteroatoms. The first-order valence-electron chi connectivity index (χ1n) is 7.19. The van der Waals surface area contributed by atoms with Crippen molar-refractivity contribution in [3.05, 3.63) is 11.4 Å². The highest BCUT2D eigenvalue weighted by molar-refractivity contribution is 5.54. The fourth-order valence-electron chi connectivity index (χ4n) is 2.53. The fourth-order valence-corrected chi connectivity index (χ4v) is 2.53. The summed E-state index contributed by atoms with van der Waals surface area (Å²) in [5, 5.41) is 3.46. The van der Waals surface area contributed by atoms with E-state index in [1.807, 2.05) is 13.8 Å². The number of likely N-dealkylation sites (tertiary alicyclic amines) is 1. The van der Waals surface area contributed by atoms with E-state index in [-0.39, 0.29) is 0 Å². The fraction of sp³-hybridized carbons (Fsp3) is 0.714. The Labute approximate surface area is 115 Å². The van der Waals surface area contributed by atoms with Crippen LogP contribution < -0.4 is 11.1 Å². The molecule has 1 unspecified atom stereocenters. The maximum atomic E-state index is 5.93. The van der Waals surface area contributed by atoms with Crippen molar-refractivity contribution in [2.75, 3.05) is 31.2 Å². The van der Waals surface area contributed by atoms with Crippen molar-refractivity contribution in [2.24, 2.45) is 0 Å². The van der Waals surface area contributed by atoms with Gasteiger partial charge in [-0.1, -0.05) is 13.3 Å². The standard InChI is InChI=1S/C14H25N5/c1-4-12-17-13(15)10(2)14(18-12)16-9-11-7-5-6-8-19(11)3/h11H,4-9H2,1-3H3,(H3,15,16,17,18). The van der Waals surface area contributed by atoms with Crippen molar-refractivity contribution in [2.45, 2.75) is 45.6 Å². The van der Waals surface area contributed by atoms with Crippen LogP contribution in [0.1, 0.15) is 37.6 Å². The molecule has 1 aliphatic heterocycles. The highest BCUT2D eigenvalue weighted by atomic mass is 15.2. The zero-order valence-corrected chi connectivity index (χ0v) is 12.2. The molecular formula is C14H25N5. The summed E-state index contributed by atoms with van der Waals surface area (Å²) < 4.78 is 0. The Balaban J connectivity index is 2.04. The molecule has 1 fully saturated rings. The maximum absolute atomic E-state index is 5.93. The van der Waals surface area contributed by atoms with Gasteiger partial charge in [0.25, 0.3) is 0 Å². The third-order valence-corrected chi connectivity index (χ3v) is 3.97. The Hall–Kier alpha value is -1.36. The van der Waals surface area contributed by atoms with Gasteiger partial charge in [-0.2, -0.15) is 0 Å². The summed E-state index contributed by atoms with van der Waals surface area (Å²) in [6.45, 7) is 6.14. The van der Waals surface area contributed by atoms with Gasteiger partial charge < -0.3 is 16.0 Å². The summed E-state index contributed by atoms with van der Waals surface area (Å²) in [7, 11) is 2.20. The average Bonchev–Trinajstić information content (AvgIpc) is 2.42. The molecule has 1 aromatic rings. The molecule has 0 spiro atoms. The molecule has 0 bridgehead atoms. The molecule has 5 nitrogen and oxygen atoms in total. The van der Waals surface area contributed by atoms with E-state index in [4.69, 9.17) is 5.73 Å². The highest BCUT2D eigenvalue weighted by Crippen LogP contribution is 2.19. The van der Waals surface area contributed by atoms with Gasteiger partial charge in [0.05, 0.1) is 0 Å². The molecule has 0 aromatic carbocycles. The van der Waals surface area contributed by atoms with Crippen molar-refractivity contribution in [3.8, 4) is 0 Å². The third kappa shape index (κ3) is 3.35. The second-order valence-electron chi connectivity index (χ2n) is 5.36. The SMILES string of the molecule is CCc1nc(N)c(C)c(NCC2CCCCN2C)n1. The first-order chi connectivity index (χ1) is 9.11. The van der Waals surface area contributed by atoms with E-state index in [0.717, 1.165) is 30.2 Å². The highest BCUT2D eigenvalue weighted by Gasteiger charge is 2.19. The summed E-state index contributed by atoms with van der Waals surface area (Å²) in [5.74, 6) is 2.29. The molecule has 0 saturated carbocycles. The van der Waals surface area contributed by atoms with Gasteiger partial charge in [0.1, 0.15) is 17.5 Å². The van der Waals surface area contributed by atoms with Crippen molar-refractivity contribution in [3.63, 3.8) is 0 Å². The van der Waals surface area contributed by atoms with Crippen molar-refractivity contribution in [1.29, 1.82) is 0 Å². The molecule has 0 radical (unpaired) electrons. The Morgan fingerprint density at radius 2 is 2.16 bits per heavy atom. The number of rotatable bonds is 4. The monoisotopic (exact) mass is 263 g/mol. The van der Waals surface area contributed by atoms with E-state index in [2.05, 4.69) is 27.2 Å². The van der Waals surface area contributed by atoms with E-state index >= 15 is 0 Å². The third-order valence-electron chi connectivity index (χ3n) is 3.97. The van der Waals surface area contributed by atoms with Crippen LogP contribution in [-0.4, -0.2) is 41.0 Å². The van der Waals surface area contributed by atoms with Crippen LogP contribution in [-0.2, 0) is 6.42 Å². The molecule has 2 heterocycles. The molecule has 1 aliphatic rings. The lowest BCUT2D eigenvalue weighted by molar-refractivity contribution is 0.194. The van der Waals surface area contributed by atoms with Gasteiger partial charge >= 0.3 is 0 Å². The van der Waals surface area contributed by atoms with Gasteiger partial charge in [-0.25, -0.2) is 9.97 Å². The van der Waals surface area contributed by atoms with Gasteiger partial charge in [-0.05, 0) is 33.4 Å².